The average molecular weight is 497 g/mol. The summed E-state index contributed by atoms with van der Waals surface area (Å²) in [6.45, 7) is 1.01. The molecule has 0 spiro atoms. The van der Waals surface area contributed by atoms with Crippen molar-refractivity contribution in [2.45, 2.75) is 30.8 Å². The molecule has 35 heavy (non-hydrogen) atoms. The van der Waals surface area contributed by atoms with Crippen LogP contribution in [0.1, 0.15) is 18.9 Å². The molecular formula is C25H21FN2O6S. The molecule has 1 aliphatic rings. The van der Waals surface area contributed by atoms with Crippen LogP contribution in [0.3, 0.4) is 0 Å². The Bertz CT molecular complexity index is 1360. The Morgan fingerprint density at radius 1 is 1.00 bits per heavy atom. The molecule has 4 rings (SSSR count). The van der Waals surface area contributed by atoms with E-state index in [1.807, 2.05) is 0 Å². The first-order chi connectivity index (χ1) is 16.7. The number of carbonyl (C=O) groups is 3. The molecule has 180 valence electrons. The molecule has 0 aromatic heterocycles. The molecule has 2 amide bonds. The van der Waals surface area contributed by atoms with E-state index in [-0.39, 0.29) is 29.3 Å². The number of imide groups is 1. The van der Waals surface area contributed by atoms with Crippen LogP contribution in [-0.2, 0) is 31.0 Å². The molecule has 1 atom stereocenters. The van der Waals surface area contributed by atoms with E-state index in [0.29, 0.717) is 5.56 Å². The van der Waals surface area contributed by atoms with Crippen molar-refractivity contribution in [2.75, 3.05) is 4.90 Å². The third-order valence-electron chi connectivity index (χ3n) is 5.43. The average Bonchev–Trinajstić information content (AvgIpc) is 3.12. The molecule has 1 unspecified atom stereocenters. The smallest absolute Gasteiger partial charge is 0.308 e. The van der Waals surface area contributed by atoms with E-state index >= 15 is 0 Å². The van der Waals surface area contributed by atoms with E-state index < -0.39 is 39.7 Å². The molecule has 10 heteroatoms. The van der Waals surface area contributed by atoms with Gasteiger partial charge in [-0.1, -0.05) is 30.3 Å². The summed E-state index contributed by atoms with van der Waals surface area (Å²) in [6, 6.07) is 17.3. The Kier molecular flexibility index (Phi) is 6.77. The fourth-order valence-corrected chi connectivity index (χ4v) is 5.39. The standard InChI is InChI=1S/C25H21FN2O6S/c1-17(29)34-21-13-11-20(12-14-21)28-24(30)15-23(25(28)31)27(16-18-7-9-19(26)10-8-18)35(32,33)22-5-3-2-4-6-22/h2-14,23H,15-16H2,1H3. The normalized spacial score (nSPS) is 16.1. The van der Waals surface area contributed by atoms with E-state index in [1.165, 1.54) is 67.6 Å². The first-order valence-electron chi connectivity index (χ1n) is 10.6. The van der Waals surface area contributed by atoms with E-state index in [4.69, 9.17) is 4.74 Å². The monoisotopic (exact) mass is 496 g/mol. The highest BCUT2D eigenvalue weighted by atomic mass is 32.2. The van der Waals surface area contributed by atoms with Gasteiger partial charge in [-0.3, -0.25) is 14.4 Å². The molecule has 0 aliphatic carbocycles. The van der Waals surface area contributed by atoms with Crippen molar-refractivity contribution in [1.82, 2.24) is 4.31 Å². The maximum Gasteiger partial charge on any atom is 0.308 e. The summed E-state index contributed by atoms with van der Waals surface area (Å²) in [5.74, 6) is -2.05. The van der Waals surface area contributed by atoms with Gasteiger partial charge in [-0.05, 0) is 54.1 Å². The number of carbonyl (C=O) groups excluding carboxylic acids is 3. The van der Waals surface area contributed by atoms with Gasteiger partial charge in [0.2, 0.25) is 15.9 Å². The third-order valence-corrected chi connectivity index (χ3v) is 7.30. The number of hydrogen-bond donors (Lipinski definition) is 0. The van der Waals surface area contributed by atoms with Gasteiger partial charge in [0, 0.05) is 13.5 Å². The molecular weight excluding hydrogens is 475 g/mol. The van der Waals surface area contributed by atoms with Gasteiger partial charge in [0.15, 0.2) is 0 Å². The molecule has 3 aromatic rings. The second-order valence-corrected chi connectivity index (χ2v) is 9.76. The van der Waals surface area contributed by atoms with Crippen LogP contribution in [0.15, 0.2) is 83.8 Å². The molecule has 1 saturated heterocycles. The van der Waals surface area contributed by atoms with E-state index in [0.717, 1.165) is 9.21 Å². The molecule has 3 aromatic carbocycles. The van der Waals surface area contributed by atoms with E-state index in [1.54, 1.807) is 18.2 Å². The molecule has 0 N–H and O–H groups in total. The van der Waals surface area contributed by atoms with Crippen molar-refractivity contribution in [3.05, 3.63) is 90.2 Å². The van der Waals surface area contributed by atoms with Gasteiger partial charge in [-0.15, -0.1) is 0 Å². The SMILES string of the molecule is CC(=O)Oc1ccc(N2C(=O)CC(N(Cc3ccc(F)cc3)S(=O)(=O)c3ccccc3)C2=O)cc1. The lowest BCUT2D eigenvalue weighted by atomic mass is 10.2. The van der Waals surface area contributed by atoms with Gasteiger partial charge in [-0.2, -0.15) is 4.31 Å². The van der Waals surface area contributed by atoms with Crippen LogP contribution in [0.2, 0.25) is 0 Å². The van der Waals surface area contributed by atoms with Gasteiger partial charge < -0.3 is 4.74 Å². The van der Waals surface area contributed by atoms with Crippen LogP contribution in [0.25, 0.3) is 0 Å². The molecule has 1 heterocycles. The Balaban J connectivity index is 1.69. The van der Waals surface area contributed by atoms with Crippen molar-refractivity contribution >= 4 is 33.5 Å². The van der Waals surface area contributed by atoms with Crippen molar-refractivity contribution in [3.8, 4) is 5.75 Å². The topological polar surface area (TPSA) is 101 Å². The highest BCUT2D eigenvalue weighted by Gasteiger charge is 2.47. The summed E-state index contributed by atoms with van der Waals surface area (Å²) < 4.78 is 46.5. The Hall–Kier alpha value is -3.89. The van der Waals surface area contributed by atoms with Gasteiger partial charge in [0.25, 0.3) is 5.91 Å². The number of sulfonamides is 1. The summed E-state index contributed by atoms with van der Waals surface area (Å²) in [5, 5.41) is 0. The van der Waals surface area contributed by atoms with Crippen LogP contribution < -0.4 is 9.64 Å². The number of esters is 1. The summed E-state index contributed by atoms with van der Waals surface area (Å²) in [4.78, 5) is 38.3. The van der Waals surface area contributed by atoms with Gasteiger partial charge >= 0.3 is 5.97 Å². The van der Waals surface area contributed by atoms with Gasteiger partial charge in [0.05, 0.1) is 17.0 Å². The lowest BCUT2D eigenvalue weighted by molar-refractivity contribution is -0.132. The molecule has 1 aliphatic heterocycles. The number of nitrogens with zero attached hydrogens (tertiary/aromatic N) is 2. The van der Waals surface area contributed by atoms with Crippen LogP contribution in [-0.4, -0.2) is 36.5 Å². The van der Waals surface area contributed by atoms with E-state index in [2.05, 4.69) is 0 Å². The highest BCUT2D eigenvalue weighted by molar-refractivity contribution is 7.89. The Morgan fingerprint density at radius 2 is 1.63 bits per heavy atom. The molecule has 0 radical (unpaired) electrons. The predicted molar refractivity (Wildman–Crippen MR) is 124 cm³/mol. The number of benzene rings is 3. The van der Waals surface area contributed by atoms with Crippen LogP contribution in [0, 0.1) is 5.82 Å². The zero-order valence-electron chi connectivity index (χ0n) is 18.6. The van der Waals surface area contributed by atoms with Crippen molar-refractivity contribution < 1.29 is 31.9 Å². The first-order valence-corrected chi connectivity index (χ1v) is 12.1. The number of amides is 2. The molecule has 0 saturated carbocycles. The number of ether oxygens (including phenoxy) is 1. The van der Waals surface area contributed by atoms with Crippen molar-refractivity contribution in [3.63, 3.8) is 0 Å². The Morgan fingerprint density at radius 3 is 2.23 bits per heavy atom. The predicted octanol–water partition coefficient (Wildman–Crippen LogP) is 3.27. The number of halogens is 1. The summed E-state index contributed by atoms with van der Waals surface area (Å²) >= 11 is 0. The molecule has 1 fully saturated rings. The minimum absolute atomic E-state index is 0.0356. The maximum atomic E-state index is 13.6. The lowest BCUT2D eigenvalue weighted by Gasteiger charge is -2.27. The quantitative estimate of drug-likeness (QED) is 0.283. The van der Waals surface area contributed by atoms with Crippen molar-refractivity contribution in [1.29, 1.82) is 0 Å². The first kappa shape index (κ1) is 24.2. The second-order valence-electron chi connectivity index (χ2n) is 7.86. The largest absolute Gasteiger partial charge is 0.427 e. The van der Waals surface area contributed by atoms with Gasteiger partial charge in [0.1, 0.15) is 17.6 Å². The molecule has 0 bridgehead atoms. The Labute approximate surface area is 201 Å². The minimum Gasteiger partial charge on any atom is -0.427 e. The summed E-state index contributed by atoms with van der Waals surface area (Å²) in [5.41, 5.74) is 0.674. The fourth-order valence-electron chi connectivity index (χ4n) is 3.80. The third kappa shape index (κ3) is 5.13. The van der Waals surface area contributed by atoms with Crippen LogP contribution in [0.5, 0.6) is 5.75 Å². The summed E-state index contributed by atoms with van der Waals surface area (Å²) in [6.07, 6.45) is -0.363. The number of hydrogen-bond acceptors (Lipinski definition) is 6. The number of rotatable bonds is 7. The lowest BCUT2D eigenvalue weighted by Crippen LogP contribution is -2.45. The van der Waals surface area contributed by atoms with Gasteiger partial charge in [-0.25, -0.2) is 17.7 Å². The fraction of sp³-hybridized carbons (Fsp3) is 0.160. The molecule has 8 nitrogen and oxygen atoms in total. The van der Waals surface area contributed by atoms with E-state index in [9.17, 15) is 27.2 Å². The van der Waals surface area contributed by atoms with Crippen LogP contribution in [0.4, 0.5) is 10.1 Å². The zero-order chi connectivity index (χ0) is 25.2. The zero-order valence-corrected chi connectivity index (χ0v) is 19.4. The maximum absolute atomic E-state index is 13.6. The highest BCUT2D eigenvalue weighted by Crippen LogP contribution is 2.31. The summed E-state index contributed by atoms with van der Waals surface area (Å²) in [7, 11) is -4.19. The second kappa shape index (κ2) is 9.77. The van der Waals surface area contributed by atoms with Crippen LogP contribution >= 0.6 is 0 Å². The van der Waals surface area contributed by atoms with Crippen molar-refractivity contribution in [2.24, 2.45) is 0 Å². The minimum atomic E-state index is -4.19. The number of anilines is 1.